The lowest BCUT2D eigenvalue weighted by Crippen LogP contribution is -2.27. The van der Waals surface area contributed by atoms with Gasteiger partial charge in [-0.05, 0) is 25.1 Å². The van der Waals surface area contributed by atoms with Gasteiger partial charge in [0.05, 0.1) is 7.11 Å². The van der Waals surface area contributed by atoms with Gasteiger partial charge in [0.25, 0.3) is 0 Å². The van der Waals surface area contributed by atoms with E-state index >= 15 is 0 Å². The number of methoxy groups -OCH3 is 1. The van der Waals surface area contributed by atoms with Crippen LogP contribution in [0.4, 0.5) is 0 Å². The standard InChI is InChI=1S/C13H21BrN2O/c1-3-6-15-7-8-16-10-11-4-5-12(14)9-13(11)17-2/h4-5,9,15-16H,3,6-8,10H2,1-2H3. The Kier molecular flexibility index (Phi) is 7.24. The zero-order valence-corrected chi connectivity index (χ0v) is 12.1. The molecule has 1 aromatic rings. The largest absolute Gasteiger partial charge is 0.496 e. The molecule has 1 aromatic carbocycles. The first-order valence-electron chi connectivity index (χ1n) is 6.01. The molecule has 2 N–H and O–H groups in total. The topological polar surface area (TPSA) is 33.3 Å². The highest BCUT2D eigenvalue weighted by Crippen LogP contribution is 2.23. The summed E-state index contributed by atoms with van der Waals surface area (Å²) in [5.41, 5.74) is 1.19. The van der Waals surface area contributed by atoms with Crippen LogP contribution in [0.25, 0.3) is 0 Å². The Morgan fingerprint density at radius 3 is 2.65 bits per heavy atom. The molecule has 17 heavy (non-hydrogen) atoms. The summed E-state index contributed by atoms with van der Waals surface area (Å²) in [5.74, 6) is 0.924. The zero-order valence-electron chi connectivity index (χ0n) is 10.6. The molecule has 96 valence electrons. The van der Waals surface area contributed by atoms with Gasteiger partial charge in [-0.15, -0.1) is 0 Å². The summed E-state index contributed by atoms with van der Waals surface area (Å²) in [7, 11) is 1.70. The van der Waals surface area contributed by atoms with E-state index in [2.05, 4.69) is 39.6 Å². The Bertz CT molecular complexity index is 331. The van der Waals surface area contributed by atoms with Crippen LogP contribution in [0.15, 0.2) is 22.7 Å². The van der Waals surface area contributed by atoms with Gasteiger partial charge in [0.1, 0.15) is 5.75 Å². The third-order valence-corrected chi connectivity index (χ3v) is 2.96. The minimum atomic E-state index is 0.838. The molecular formula is C13H21BrN2O. The average Bonchev–Trinajstić information content (AvgIpc) is 2.35. The normalized spacial score (nSPS) is 10.5. The van der Waals surface area contributed by atoms with Crippen molar-refractivity contribution in [1.29, 1.82) is 0 Å². The number of rotatable bonds is 8. The fourth-order valence-electron chi connectivity index (χ4n) is 1.57. The van der Waals surface area contributed by atoms with Crippen molar-refractivity contribution < 1.29 is 4.74 Å². The second kappa shape index (κ2) is 8.50. The lowest BCUT2D eigenvalue weighted by molar-refractivity contribution is 0.407. The molecular weight excluding hydrogens is 280 g/mol. The van der Waals surface area contributed by atoms with Gasteiger partial charge in [-0.1, -0.05) is 28.9 Å². The Labute approximate surface area is 112 Å². The Balaban J connectivity index is 2.31. The fraction of sp³-hybridized carbons (Fsp3) is 0.538. The molecule has 0 aromatic heterocycles. The molecule has 0 bridgehead atoms. The highest BCUT2D eigenvalue weighted by molar-refractivity contribution is 9.10. The van der Waals surface area contributed by atoms with Gasteiger partial charge in [0.15, 0.2) is 0 Å². The molecule has 0 aliphatic rings. The molecule has 0 radical (unpaired) electrons. The van der Waals surface area contributed by atoms with Crippen LogP contribution in [-0.4, -0.2) is 26.7 Å². The molecule has 0 saturated heterocycles. The summed E-state index contributed by atoms with van der Waals surface area (Å²) < 4.78 is 6.38. The van der Waals surface area contributed by atoms with E-state index < -0.39 is 0 Å². The molecule has 0 amide bonds. The number of halogens is 1. The highest BCUT2D eigenvalue weighted by Gasteiger charge is 2.02. The van der Waals surface area contributed by atoms with Gasteiger partial charge in [0, 0.05) is 29.7 Å². The molecule has 3 nitrogen and oxygen atoms in total. The molecule has 0 unspecified atom stereocenters. The number of ether oxygens (including phenoxy) is 1. The quantitative estimate of drug-likeness (QED) is 0.724. The number of hydrogen-bond donors (Lipinski definition) is 2. The summed E-state index contributed by atoms with van der Waals surface area (Å²) in [6, 6.07) is 6.11. The maximum Gasteiger partial charge on any atom is 0.124 e. The van der Waals surface area contributed by atoms with Crippen LogP contribution < -0.4 is 15.4 Å². The van der Waals surface area contributed by atoms with Gasteiger partial charge in [0.2, 0.25) is 0 Å². The molecule has 0 aliphatic carbocycles. The first kappa shape index (κ1) is 14.5. The number of nitrogens with one attached hydrogen (secondary N) is 2. The SMILES string of the molecule is CCCNCCNCc1ccc(Br)cc1OC. The number of hydrogen-bond acceptors (Lipinski definition) is 3. The van der Waals surface area contributed by atoms with Crippen molar-refractivity contribution in [2.24, 2.45) is 0 Å². The van der Waals surface area contributed by atoms with Crippen LogP contribution >= 0.6 is 15.9 Å². The Morgan fingerprint density at radius 2 is 1.94 bits per heavy atom. The average molecular weight is 301 g/mol. The van der Waals surface area contributed by atoms with Crippen LogP contribution in [0.3, 0.4) is 0 Å². The highest BCUT2D eigenvalue weighted by atomic mass is 79.9. The van der Waals surface area contributed by atoms with Crippen molar-refractivity contribution in [3.05, 3.63) is 28.2 Å². The van der Waals surface area contributed by atoms with E-state index in [-0.39, 0.29) is 0 Å². The van der Waals surface area contributed by atoms with Crippen molar-refractivity contribution in [3.63, 3.8) is 0 Å². The molecule has 4 heteroatoms. The van der Waals surface area contributed by atoms with E-state index in [0.29, 0.717) is 0 Å². The van der Waals surface area contributed by atoms with Gasteiger partial charge >= 0.3 is 0 Å². The van der Waals surface area contributed by atoms with Crippen molar-refractivity contribution in [2.75, 3.05) is 26.7 Å². The van der Waals surface area contributed by atoms with Crippen molar-refractivity contribution >= 4 is 15.9 Å². The predicted octanol–water partition coefficient (Wildman–Crippen LogP) is 2.55. The third-order valence-electron chi connectivity index (χ3n) is 2.47. The fourth-order valence-corrected chi connectivity index (χ4v) is 1.91. The summed E-state index contributed by atoms with van der Waals surface area (Å²) >= 11 is 3.44. The van der Waals surface area contributed by atoms with Crippen LogP contribution in [0.5, 0.6) is 5.75 Å². The molecule has 0 heterocycles. The van der Waals surface area contributed by atoms with Crippen LogP contribution in [-0.2, 0) is 6.54 Å². The Hall–Kier alpha value is -0.580. The predicted molar refractivity (Wildman–Crippen MR) is 75.6 cm³/mol. The molecule has 1 rings (SSSR count). The summed E-state index contributed by atoms with van der Waals surface area (Å²) in [6.07, 6.45) is 1.18. The maximum absolute atomic E-state index is 5.34. The monoisotopic (exact) mass is 300 g/mol. The first-order chi connectivity index (χ1) is 8.27. The molecule has 0 saturated carbocycles. The van der Waals surface area contributed by atoms with Crippen molar-refractivity contribution in [3.8, 4) is 5.75 Å². The van der Waals surface area contributed by atoms with Gasteiger partial charge in [-0.2, -0.15) is 0 Å². The summed E-state index contributed by atoms with van der Waals surface area (Å²) in [5, 5.41) is 6.75. The minimum Gasteiger partial charge on any atom is -0.496 e. The lowest BCUT2D eigenvalue weighted by Gasteiger charge is -2.10. The van der Waals surface area contributed by atoms with E-state index in [1.165, 1.54) is 12.0 Å². The van der Waals surface area contributed by atoms with E-state index in [9.17, 15) is 0 Å². The van der Waals surface area contributed by atoms with E-state index in [1.54, 1.807) is 7.11 Å². The van der Waals surface area contributed by atoms with E-state index in [0.717, 1.165) is 36.4 Å². The maximum atomic E-state index is 5.34. The zero-order chi connectivity index (χ0) is 12.5. The van der Waals surface area contributed by atoms with Crippen LogP contribution in [0.1, 0.15) is 18.9 Å². The summed E-state index contributed by atoms with van der Waals surface area (Å²) in [4.78, 5) is 0. The lowest BCUT2D eigenvalue weighted by atomic mass is 10.2. The Morgan fingerprint density at radius 1 is 1.18 bits per heavy atom. The second-order valence-electron chi connectivity index (χ2n) is 3.88. The smallest absolute Gasteiger partial charge is 0.124 e. The minimum absolute atomic E-state index is 0.838. The van der Waals surface area contributed by atoms with Crippen molar-refractivity contribution in [1.82, 2.24) is 10.6 Å². The van der Waals surface area contributed by atoms with Crippen LogP contribution in [0.2, 0.25) is 0 Å². The third kappa shape index (κ3) is 5.52. The van der Waals surface area contributed by atoms with Gasteiger partial charge < -0.3 is 15.4 Å². The van der Waals surface area contributed by atoms with Crippen molar-refractivity contribution in [2.45, 2.75) is 19.9 Å². The van der Waals surface area contributed by atoms with E-state index in [4.69, 9.17) is 4.74 Å². The van der Waals surface area contributed by atoms with Gasteiger partial charge in [-0.25, -0.2) is 0 Å². The molecule has 0 fully saturated rings. The second-order valence-corrected chi connectivity index (χ2v) is 4.80. The van der Waals surface area contributed by atoms with Gasteiger partial charge in [-0.3, -0.25) is 0 Å². The molecule has 0 aliphatic heterocycles. The van der Waals surface area contributed by atoms with E-state index in [1.807, 2.05) is 12.1 Å². The molecule has 0 atom stereocenters. The first-order valence-corrected chi connectivity index (χ1v) is 6.81. The summed E-state index contributed by atoms with van der Waals surface area (Å²) in [6.45, 7) is 6.08. The van der Waals surface area contributed by atoms with Crippen LogP contribution in [0, 0.1) is 0 Å². The molecule has 0 spiro atoms. The number of benzene rings is 1.